The average molecular weight is 351 g/mol. The van der Waals surface area contributed by atoms with Crippen LogP contribution in [0.15, 0.2) is 39.8 Å². The van der Waals surface area contributed by atoms with Gasteiger partial charge < -0.3 is 9.84 Å². The summed E-state index contributed by atoms with van der Waals surface area (Å²) in [4.78, 5) is 12.1. The molecule has 2 aromatic rings. The van der Waals surface area contributed by atoms with Gasteiger partial charge in [0.2, 0.25) is 10.0 Å². The van der Waals surface area contributed by atoms with Gasteiger partial charge in [-0.05, 0) is 24.6 Å². The third-order valence-corrected chi connectivity index (χ3v) is 5.64. The van der Waals surface area contributed by atoms with E-state index < -0.39 is 10.0 Å². The fourth-order valence-corrected chi connectivity index (χ4v) is 3.70. The quantitative estimate of drug-likeness (QED) is 0.823. The Labute approximate surface area is 141 Å². The van der Waals surface area contributed by atoms with Gasteiger partial charge in [-0.15, -0.1) is 0 Å². The summed E-state index contributed by atoms with van der Waals surface area (Å²) in [5, 5.41) is 6.35. The fourth-order valence-electron chi connectivity index (χ4n) is 2.24. The summed E-state index contributed by atoms with van der Waals surface area (Å²) in [6, 6.07) is 8.02. The van der Waals surface area contributed by atoms with Gasteiger partial charge in [0, 0.05) is 25.7 Å². The first-order valence-electron chi connectivity index (χ1n) is 7.69. The highest BCUT2D eigenvalue weighted by molar-refractivity contribution is 7.89. The highest BCUT2D eigenvalue weighted by atomic mass is 32.2. The summed E-state index contributed by atoms with van der Waals surface area (Å²) in [7, 11) is -3.47. The Kier molecular flexibility index (Phi) is 5.74. The van der Waals surface area contributed by atoms with Crippen LogP contribution in [0.5, 0.6) is 0 Å². The molecule has 0 atom stereocenters. The van der Waals surface area contributed by atoms with Crippen LogP contribution < -0.4 is 5.32 Å². The molecule has 0 unspecified atom stereocenters. The normalized spacial score (nSPS) is 11.7. The molecule has 0 saturated heterocycles. The van der Waals surface area contributed by atoms with Crippen LogP contribution >= 0.6 is 0 Å². The third kappa shape index (κ3) is 4.01. The second-order valence-electron chi connectivity index (χ2n) is 5.24. The van der Waals surface area contributed by atoms with Gasteiger partial charge in [0.05, 0.1) is 4.90 Å². The number of carbonyl (C=O) groups is 1. The van der Waals surface area contributed by atoms with E-state index in [0.29, 0.717) is 18.8 Å². The van der Waals surface area contributed by atoms with E-state index in [1.54, 1.807) is 51.1 Å². The zero-order valence-electron chi connectivity index (χ0n) is 13.9. The minimum atomic E-state index is -3.47. The number of amides is 1. The topological polar surface area (TPSA) is 92.5 Å². The predicted molar refractivity (Wildman–Crippen MR) is 89.0 cm³/mol. The molecule has 0 aliphatic carbocycles. The lowest BCUT2D eigenvalue weighted by Gasteiger charge is -2.18. The molecule has 0 aliphatic heterocycles. The number of nitrogens with zero attached hydrogens (tertiary/aromatic N) is 2. The first-order chi connectivity index (χ1) is 11.4. The van der Waals surface area contributed by atoms with Crippen LogP contribution in [0.1, 0.15) is 35.7 Å². The van der Waals surface area contributed by atoms with E-state index in [1.807, 2.05) is 0 Å². The molecule has 0 fully saturated rings. The summed E-state index contributed by atoms with van der Waals surface area (Å²) in [6.07, 6.45) is 0. The lowest BCUT2D eigenvalue weighted by molar-refractivity contribution is 0.0941. The monoisotopic (exact) mass is 351 g/mol. The lowest BCUT2D eigenvalue weighted by Crippen LogP contribution is -2.30. The number of aryl methyl sites for hydroxylation is 1. The zero-order valence-corrected chi connectivity index (χ0v) is 14.8. The Morgan fingerprint density at radius 1 is 1.21 bits per heavy atom. The van der Waals surface area contributed by atoms with E-state index in [4.69, 9.17) is 4.52 Å². The predicted octanol–water partition coefficient (Wildman–Crippen LogP) is 1.94. The number of sulfonamides is 1. The molecule has 0 aliphatic rings. The first kappa shape index (κ1) is 18.2. The second-order valence-corrected chi connectivity index (χ2v) is 7.18. The largest absolute Gasteiger partial charge is 0.361 e. The summed E-state index contributed by atoms with van der Waals surface area (Å²) < 4.78 is 31.0. The number of hydrogen-bond acceptors (Lipinski definition) is 5. The summed E-state index contributed by atoms with van der Waals surface area (Å²) in [6.45, 7) is 6.43. The van der Waals surface area contributed by atoms with Crippen molar-refractivity contribution in [2.24, 2.45) is 0 Å². The molecule has 1 aromatic heterocycles. The zero-order chi connectivity index (χ0) is 17.7. The maximum absolute atomic E-state index is 12.4. The molecule has 24 heavy (non-hydrogen) atoms. The van der Waals surface area contributed by atoms with Gasteiger partial charge in [-0.1, -0.05) is 31.1 Å². The molecule has 0 spiro atoms. The van der Waals surface area contributed by atoms with E-state index in [1.165, 1.54) is 4.31 Å². The molecule has 8 heteroatoms. The molecule has 130 valence electrons. The maximum Gasteiger partial charge on any atom is 0.273 e. The van der Waals surface area contributed by atoms with Crippen LogP contribution in [-0.2, 0) is 16.6 Å². The molecule has 1 N–H and O–H groups in total. The molecule has 0 saturated carbocycles. The summed E-state index contributed by atoms with van der Waals surface area (Å²) >= 11 is 0. The average Bonchev–Trinajstić information content (AvgIpc) is 3.00. The molecule has 1 heterocycles. The number of benzene rings is 1. The Hall–Kier alpha value is -2.19. The van der Waals surface area contributed by atoms with Crippen LogP contribution in [-0.4, -0.2) is 36.9 Å². The Balaban J connectivity index is 2.03. The van der Waals surface area contributed by atoms with Crippen LogP contribution in [0.4, 0.5) is 0 Å². The SMILES string of the molecule is CCN(CC)S(=O)(=O)c1ccc(CNC(=O)c2cc(C)on2)cc1. The van der Waals surface area contributed by atoms with E-state index in [-0.39, 0.29) is 23.0 Å². The van der Waals surface area contributed by atoms with Gasteiger partial charge in [-0.3, -0.25) is 4.79 Å². The Morgan fingerprint density at radius 3 is 2.33 bits per heavy atom. The molecular weight excluding hydrogens is 330 g/mol. The van der Waals surface area contributed by atoms with Crippen LogP contribution in [0, 0.1) is 6.92 Å². The second kappa shape index (κ2) is 7.59. The van der Waals surface area contributed by atoms with Crippen molar-refractivity contribution >= 4 is 15.9 Å². The Morgan fingerprint density at radius 2 is 1.83 bits per heavy atom. The molecule has 1 amide bonds. The van der Waals surface area contributed by atoms with Crippen molar-refractivity contribution in [3.05, 3.63) is 47.3 Å². The molecule has 0 radical (unpaired) electrons. The van der Waals surface area contributed by atoms with Gasteiger partial charge in [0.1, 0.15) is 5.76 Å². The minimum absolute atomic E-state index is 0.216. The van der Waals surface area contributed by atoms with Crippen molar-refractivity contribution in [3.8, 4) is 0 Å². The van der Waals surface area contributed by atoms with Crippen molar-refractivity contribution in [2.75, 3.05) is 13.1 Å². The van der Waals surface area contributed by atoms with E-state index in [9.17, 15) is 13.2 Å². The van der Waals surface area contributed by atoms with Gasteiger partial charge in [0.25, 0.3) is 5.91 Å². The number of hydrogen-bond donors (Lipinski definition) is 1. The van der Waals surface area contributed by atoms with Gasteiger partial charge in [-0.2, -0.15) is 4.31 Å². The van der Waals surface area contributed by atoms with Crippen LogP contribution in [0.2, 0.25) is 0 Å². The van der Waals surface area contributed by atoms with Crippen molar-refractivity contribution in [1.82, 2.24) is 14.8 Å². The van der Waals surface area contributed by atoms with E-state index in [2.05, 4.69) is 10.5 Å². The van der Waals surface area contributed by atoms with Crippen LogP contribution in [0.25, 0.3) is 0 Å². The van der Waals surface area contributed by atoms with Crippen molar-refractivity contribution < 1.29 is 17.7 Å². The lowest BCUT2D eigenvalue weighted by atomic mass is 10.2. The summed E-state index contributed by atoms with van der Waals surface area (Å²) in [5.41, 5.74) is 1.01. The third-order valence-electron chi connectivity index (χ3n) is 3.58. The van der Waals surface area contributed by atoms with Gasteiger partial charge in [-0.25, -0.2) is 8.42 Å². The molecular formula is C16H21N3O4S. The van der Waals surface area contributed by atoms with Gasteiger partial charge in [0.15, 0.2) is 5.69 Å². The molecule has 1 aromatic carbocycles. The summed E-state index contributed by atoms with van der Waals surface area (Å²) in [5.74, 6) is 0.220. The number of carbonyl (C=O) groups excluding carboxylic acids is 1. The maximum atomic E-state index is 12.4. The Bertz CT molecular complexity index is 793. The minimum Gasteiger partial charge on any atom is -0.361 e. The standard InChI is InChI=1S/C16H21N3O4S/c1-4-19(5-2)24(21,22)14-8-6-13(7-9-14)11-17-16(20)15-10-12(3)23-18-15/h6-10H,4-5,11H2,1-3H3,(H,17,20). The smallest absolute Gasteiger partial charge is 0.273 e. The van der Waals surface area contributed by atoms with Crippen molar-refractivity contribution in [1.29, 1.82) is 0 Å². The molecule has 2 rings (SSSR count). The van der Waals surface area contributed by atoms with E-state index in [0.717, 1.165) is 5.56 Å². The van der Waals surface area contributed by atoms with Crippen molar-refractivity contribution in [2.45, 2.75) is 32.2 Å². The number of aromatic nitrogens is 1. The number of nitrogens with one attached hydrogen (secondary N) is 1. The number of rotatable bonds is 7. The fraction of sp³-hybridized carbons (Fsp3) is 0.375. The highest BCUT2D eigenvalue weighted by Gasteiger charge is 2.21. The highest BCUT2D eigenvalue weighted by Crippen LogP contribution is 2.16. The molecule has 0 bridgehead atoms. The van der Waals surface area contributed by atoms with Crippen LogP contribution in [0.3, 0.4) is 0 Å². The first-order valence-corrected chi connectivity index (χ1v) is 9.13. The van der Waals surface area contributed by atoms with Gasteiger partial charge >= 0.3 is 0 Å². The van der Waals surface area contributed by atoms with Crippen molar-refractivity contribution in [3.63, 3.8) is 0 Å². The molecule has 7 nitrogen and oxygen atoms in total. The van der Waals surface area contributed by atoms with E-state index >= 15 is 0 Å².